The Morgan fingerprint density at radius 2 is 2.00 bits per heavy atom. The van der Waals surface area contributed by atoms with Crippen LogP contribution in [-0.4, -0.2) is 13.6 Å². The van der Waals surface area contributed by atoms with Gasteiger partial charge in [0.1, 0.15) is 0 Å². The van der Waals surface area contributed by atoms with Crippen molar-refractivity contribution in [1.29, 1.82) is 0 Å². The second kappa shape index (κ2) is 5.70. The summed E-state index contributed by atoms with van der Waals surface area (Å²) in [6.45, 7) is 7.91. The SMILES string of the molecule is CNCC(Cc1cccc(Cl)c1)C(C)(C)C. The van der Waals surface area contributed by atoms with E-state index in [2.05, 4.69) is 38.2 Å². The first-order valence-electron chi connectivity index (χ1n) is 5.82. The molecule has 0 aliphatic carbocycles. The highest BCUT2D eigenvalue weighted by molar-refractivity contribution is 6.30. The largest absolute Gasteiger partial charge is 0.319 e. The molecule has 1 aromatic rings. The summed E-state index contributed by atoms with van der Waals surface area (Å²) in [7, 11) is 2.01. The van der Waals surface area contributed by atoms with Crippen LogP contribution in [0.25, 0.3) is 0 Å². The Morgan fingerprint density at radius 3 is 2.50 bits per heavy atom. The van der Waals surface area contributed by atoms with Gasteiger partial charge in [-0.3, -0.25) is 0 Å². The molecule has 0 saturated carbocycles. The summed E-state index contributed by atoms with van der Waals surface area (Å²) in [5.74, 6) is 0.621. The van der Waals surface area contributed by atoms with Crippen molar-refractivity contribution in [3.8, 4) is 0 Å². The first-order chi connectivity index (χ1) is 7.43. The molecule has 0 fully saturated rings. The van der Waals surface area contributed by atoms with Gasteiger partial charge in [0, 0.05) is 5.02 Å². The molecule has 0 heterocycles. The number of rotatable bonds is 4. The maximum Gasteiger partial charge on any atom is 0.0408 e. The summed E-state index contributed by atoms with van der Waals surface area (Å²) in [5, 5.41) is 4.10. The van der Waals surface area contributed by atoms with Crippen molar-refractivity contribution in [1.82, 2.24) is 5.32 Å². The van der Waals surface area contributed by atoms with Crippen LogP contribution < -0.4 is 5.32 Å². The Hall–Kier alpha value is -0.530. The normalized spacial score (nSPS) is 13.8. The van der Waals surface area contributed by atoms with Gasteiger partial charge in [0.05, 0.1) is 0 Å². The predicted octanol–water partition coefficient (Wildman–Crippen LogP) is 3.76. The zero-order valence-corrected chi connectivity index (χ0v) is 11.4. The molecule has 0 amide bonds. The molecule has 1 aromatic carbocycles. The molecule has 0 saturated heterocycles. The van der Waals surface area contributed by atoms with Crippen LogP contribution in [0.3, 0.4) is 0 Å². The van der Waals surface area contributed by atoms with Crippen LogP contribution in [0.2, 0.25) is 5.02 Å². The quantitative estimate of drug-likeness (QED) is 0.844. The lowest BCUT2D eigenvalue weighted by Crippen LogP contribution is -2.31. The molecule has 1 N–H and O–H groups in total. The Kier molecular flexibility index (Phi) is 4.82. The van der Waals surface area contributed by atoms with Gasteiger partial charge in [-0.15, -0.1) is 0 Å². The highest BCUT2D eigenvalue weighted by Gasteiger charge is 2.23. The lowest BCUT2D eigenvalue weighted by atomic mass is 9.77. The first-order valence-corrected chi connectivity index (χ1v) is 6.20. The average molecular weight is 240 g/mol. The van der Waals surface area contributed by atoms with Crippen molar-refractivity contribution in [2.75, 3.05) is 13.6 Å². The van der Waals surface area contributed by atoms with Crippen molar-refractivity contribution in [2.24, 2.45) is 11.3 Å². The van der Waals surface area contributed by atoms with Gasteiger partial charge in [0.25, 0.3) is 0 Å². The summed E-state index contributed by atoms with van der Waals surface area (Å²) in [4.78, 5) is 0. The van der Waals surface area contributed by atoms with E-state index in [0.29, 0.717) is 11.3 Å². The fourth-order valence-corrected chi connectivity index (χ4v) is 2.09. The van der Waals surface area contributed by atoms with E-state index >= 15 is 0 Å². The van der Waals surface area contributed by atoms with Crippen LogP contribution in [0.4, 0.5) is 0 Å². The molecule has 1 nitrogen and oxygen atoms in total. The van der Waals surface area contributed by atoms with Crippen molar-refractivity contribution in [3.05, 3.63) is 34.9 Å². The minimum absolute atomic E-state index is 0.311. The van der Waals surface area contributed by atoms with E-state index in [-0.39, 0.29) is 0 Å². The highest BCUT2D eigenvalue weighted by atomic mass is 35.5. The summed E-state index contributed by atoms with van der Waals surface area (Å²) in [5.41, 5.74) is 1.63. The molecular weight excluding hydrogens is 218 g/mol. The second-order valence-corrected chi connectivity index (χ2v) is 5.89. The molecule has 1 atom stereocenters. The minimum atomic E-state index is 0.311. The van der Waals surface area contributed by atoms with Gasteiger partial charge in [0.15, 0.2) is 0 Å². The van der Waals surface area contributed by atoms with Crippen LogP contribution in [0.5, 0.6) is 0 Å². The van der Waals surface area contributed by atoms with E-state index in [1.807, 2.05) is 19.2 Å². The fraction of sp³-hybridized carbons (Fsp3) is 0.571. The van der Waals surface area contributed by atoms with Crippen molar-refractivity contribution >= 4 is 11.6 Å². The van der Waals surface area contributed by atoms with Crippen molar-refractivity contribution < 1.29 is 0 Å². The monoisotopic (exact) mass is 239 g/mol. The van der Waals surface area contributed by atoms with E-state index in [9.17, 15) is 0 Å². The van der Waals surface area contributed by atoms with Crippen LogP contribution in [-0.2, 0) is 6.42 Å². The van der Waals surface area contributed by atoms with E-state index in [0.717, 1.165) is 18.0 Å². The first kappa shape index (κ1) is 13.5. The van der Waals surface area contributed by atoms with E-state index < -0.39 is 0 Å². The van der Waals surface area contributed by atoms with Crippen LogP contribution in [0, 0.1) is 11.3 Å². The van der Waals surface area contributed by atoms with Gasteiger partial charge in [-0.1, -0.05) is 44.5 Å². The number of hydrogen-bond acceptors (Lipinski definition) is 1. The van der Waals surface area contributed by atoms with Crippen LogP contribution in [0.15, 0.2) is 24.3 Å². The van der Waals surface area contributed by atoms with Gasteiger partial charge >= 0.3 is 0 Å². The second-order valence-electron chi connectivity index (χ2n) is 5.45. The molecule has 16 heavy (non-hydrogen) atoms. The standard InChI is InChI=1S/C14H22ClN/c1-14(2,3)12(10-16-4)8-11-6-5-7-13(15)9-11/h5-7,9,12,16H,8,10H2,1-4H3. The molecule has 90 valence electrons. The Balaban J connectivity index is 2.76. The maximum absolute atomic E-state index is 6.00. The Labute approximate surface area is 104 Å². The number of nitrogens with one attached hydrogen (secondary N) is 1. The van der Waals surface area contributed by atoms with Crippen molar-refractivity contribution in [2.45, 2.75) is 27.2 Å². The summed E-state index contributed by atoms with van der Waals surface area (Å²) < 4.78 is 0. The van der Waals surface area contributed by atoms with Crippen molar-refractivity contribution in [3.63, 3.8) is 0 Å². The van der Waals surface area contributed by atoms with Gasteiger partial charge in [0.2, 0.25) is 0 Å². The fourth-order valence-electron chi connectivity index (χ4n) is 1.88. The smallest absolute Gasteiger partial charge is 0.0408 e. The molecule has 2 heteroatoms. The Bertz CT molecular complexity index is 328. The van der Waals surface area contributed by atoms with E-state index in [4.69, 9.17) is 11.6 Å². The third-order valence-corrected chi connectivity index (χ3v) is 3.28. The van der Waals surface area contributed by atoms with Gasteiger partial charge < -0.3 is 5.32 Å². The molecule has 1 unspecified atom stereocenters. The zero-order valence-electron chi connectivity index (χ0n) is 10.7. The molecule has 0 bridgehead atoms. The van der Waals surface area contributed by atoms with Gasteiger partial charge in [-0.05, 0) is 49.0 Å². The third kappa shape index (κ3) is 4.15. The zero-order chi connectivity index (χ0) is 12.2. The topological polar surface area (TPSA) is 12.0 Å². The van der Waals surface area contributed by atoms with E-state index in [1.165, 1.54) is 5.56 Å². The molecule has 1 rings (SSSR count). The minimum Gasteiger partial charge on any atom is -0.319 e. The lowest BCUT2D eigenvalue weighted by molar-refractivity contribution is 0.235. The third-order valence-electron chi connectivity index (χ3n) is 3.05. The number of halogens is 1. The summed E-state index contributed by atoms with van der Waals surface area (Å²) >= 11 is 6.00. The highest BCUT2D eigenvalue weighted by Crippen LogP contribution is 2.29. The Morgan fingerprint density at radius 1 is 1.31 bits per heavy atom. The van der Waals surface area contributed by atoms with Crippen LogP contribution >= 0.6 is 11.6 Å². The number of benzene rings is 1. The van der Waals surface area contributed by atoms with Crippen LogP contribution in [0.1, 0.15) is 26.3 Å². The number of hydrogen-bond donors (Lipinski definition) is 1. The molecule has 0 aromatic heterocycles. The molecule has 0 spiro atoms. The van der Waals surface area contributed by atoms with Gasteiger partial charge in [-0.25, -0.2) is 0 Å². The molecule has 0 radical (unpaired) electrons. The average Bonchev–Trinajstić information content (AvgIpc) is 2.16. The van der Waals surface area contributed by atoms with E-state index in [1.54, 1.807) is 0 Å². The van der Waals surface area contributed by atoms with Gasteiger partial charge in [-0.2, -0.15) is 0 Å². The predicted molar refractivity (Wildman–Crippen MR) is 72.0 cm³/mol. The molecule has 0 aliphatic heterocycles. The lowest BCUT2D eigenvalue weighted by Gasteiger charge is -2.30. The summed E-state index contributed by atoms with van der Waals surface area (Å²) in [6.07, 6.45) is 1.07. The summed E-state index contributed by atoms with van der Waals surface area (Å²) in [6, 6.07) is 8.17. The molecular formula is C14H22ClN. The maximum atomic E-state index is 6.00. The molecule has 0 aliphatic rings.